The van der Waals surface area contributed by atoms with Gasteiger partial charge < -0.3 is 5.32 Å². The first kappa shape index (κ1) is 16.7. The maximum absolute atomic E-state index is 12.9. The number of hydrogen-bond donors (Lipinski definition) is 1. The van der Waals surface area contributed by atoms with Gasteiger partial charge in [0.2, 0.25) is 10.0 Å². The van der Waals surface area contributed by atoms with E-state index in [0.29, 0.717) is 19.6 Å². The van der Waals surface area contributed by atoms with E-state index < -0.39 is 10.0 Å². The van der Waals surface area contributed by atoms with Crippen molar-refractivity contribution in [2.45, 2.75) is 13.0 Å². The third-order valence-electron chi connectivity index (χ3n) is 3.54. The average molecular weight is 332 g/mol. The number of benzene rings is 1. The van der Waals surface area contributed by atoms with Crippen LogP contribution in [0.2, 0.25) is 0 Å². The second kappa shape index (κ2) is 7.58. The lowest BCUT2D eigenvalue weighted by Gasteiger charge is -2.26. The van der Waals surface area contributed by atoms with Crippen LogP contribution >= 0.6 is 11.8 Å². The highest BCUT2D eigenvalue weighted by molar-refractivity contribution is 7.99. The molecule has 1 aliphatic heterocycles. The number of nitrogens with zero attached hydrogens (tertiary/aromatic N) is 1. The largest absolute Gasteiger partial charge is 0.309 e. The molecule has 0 radical (unpaired) electrons. The quantitative estimate of drug-likeness (QED) is 0.864. The Balaban J connectivity index is 1.81. The monoisotopic (exact) mass is 332 g/mol. The molecule has 1 aliphatic rings. The van der Waals surface area contributed by atoms with Crippen molar-refractivity contribution in [3.63, 3.8) is 0 Å². The van der Waals surface area contributed by atoms with Gasteiger partial charge in [0.15, 0.2) is 0 Å². The van der Waals surface area contributed by atoms with Crippen molar-refractivity contribution in [3.8, 4) is 0 Å². The number of sulfonamides is 1. The number of halogens is 1. The maximum atomic E-state index is 12.9. The highest BCUT2D eigenvalue weighted by atomic mass is 32.2. The Hall–Kier alpha value is -0.630. The zero-order valence-corrected chi connectivity index (χ0v) is 13.7. The van der Waals surface area contributed by atoms with Crippen LogP contribution in [-0.4, -0.2) is 49.6 Å². The lowest BCUT2D eigenvalue weighted by atomic mass is 10.1. The highest BCUT2D eigenvalue weighted by Crippen LogP contribution is 2.14. The molecule has 0 aromatic heterocycles. The van der Waals surface area contributed by atoms with Gasteiger partial charge in [-0.25, -0.2) is 17.1 Å². The van der Waals surface area contributed by atoms with Gasteiger partial charge in [-0.2, -0.15) is 11.8 Å². The van der Waals surface area contributed by atoms with Crippen LogP contribution in [0, 0.1) is 5.82 Å². The van der Waals surface area contributed by atoms with Crippen LogP contribution in [0.15, 0.2) is 24.3 Å². The van der Waals surface area contributed by atoms with Gasteiger partial charge in [0.1, 0.15) is 5.82 Å². The summed E-state index contributed by atoms with van der Waals surface area (Å²) >= 11 is 1.79. The van der Waals surface area contributed by atoms with Gasteiger partial charge in [-0.3, -0.25) is 0 Å². The van der Waals surface area contributed by atoms with E-state index in [4.69, 9.17) is 0 Å². The predicted molar refractivity (Wildman–Crippen MR) is 85.5 cm³/mol. The summed E-state index contributed by atoms with van der Waals surface area (Å²) in [7, 11) is -3.17. The van der Waals surface area contributed by atoms with Crippen molar-refractivity contribution in [2.75, 3.05) is 36.9 Å². The zero-order chi connectivity index (χ0) is 15.3. The van der Waals surface area contributed by atoms with E-state index in [9.17, 15) is 12.8 Å². The summed E-state index contributed by atoms with van der Waals surface area (Å²) in [5.41, 5.74) is 0.947. The molecule has 1 N–H and O–H groups in total. The molecule has 4 nitrogen and oxygen atoms in total. The fourth-order valence-electron chi connectivity index (χ4n) is 2.23. The number of rotatable bonds is 6. The van der Waals surface area contributed by atoms with E-state index in [1.165, 1.54) is 12.1 Å². The smallest absolute Gasteiger partial charge is 0.215 e. The van der Waals surface area contributed by atoms with Crippen LogP contribution in [0.4, 0.5) is 4.39 Å². The van der Waals surface area contributed by atoms with Crippen molar-refractivity contribution in [2.24, 2.45) is 0 Å². The first-order valence-corrected chi connectivity index (χ1v) is 9.80. The average Bonchev–Trinajstić information content (AvgIpc) is 2.48. The van der Waals surface area contributed by atoms with E-state index >= 15 is 0 Å². The highest BCUT2D eigenvalue weighted by Gasteiger charge is 2.23. The standard InChI is InChI=1S/C14H21FN2O2S2/c1-12(13-2-4-14(15)5-3-13)16-6-11-21(18,19)17-7-9-20-10-8-17/h2-5,12,16H,6-11H2,1H3/t12-/m1/s1. The first-order chi connectivity index (χ1) is 9.99. The van der Waals surface area contributed by atoms with Gasteiger partial charge in [0, 0.05) is 37.2 Å². The van der Waals surface area contributed by atoms with Crippen molar-refractivity contribution < 1.29 is 12.8 Å². The van der Waals surface area contributed by atoms with E-state index in [1.54, 1.807) is 28.2 Å². The topological polar surface area (TPSA) is 49.4 Å². The molecule has 7 heteroatoms. The van der Waals surface area contributed by atoms with Gasteiger partial charge in [0.25, 0.3) is 0 Å². The molecule has 1 fully saturated rings. The van der Waals surface area contributed by atoms with Gasteiger partial charge in [0.05, 0.1) is 5.75 Å². The Bertz CT molecular complexity index is 543. The maximum Gasteiger partial charge on any atom is 0.215 e. The third-order valence-corrected chi connectivity index (χ3v) is 6.36. The number of hydrogen-bond acceptors (Lipinski definition) is 4. The molecule has 1 heterocycles. The molecule has 1 saturated heterocycles. The number of thioether (sulfide) groups is 1. The van der Waals surface area contributed by atoms with Crippen molar-refractivity contribution in [1.82, 2.24) is 9.62 Å². The molecule has 118 valence electrons. The lowest BCUT2D eigenvalue weighted by Crippen LogP contribution is -2.41. The Morgan fingerprint density at radius 1 is 1.29 bits per heavy atom. The molecule has 1 aromatic carbocycles. The minimum absolute atomic E-state index is 0.00212. The van der Waals surface area contributed by atoms with Gasteiger partial charge in [-0.05, 0) is 24.6 Å². The SMILES string of the molecule is C[C@@H](NCCS(=O)(=O)N1CCSCC1)c1ccc(F)cc1. The summed E-state index contributed by atoms with van der Waals surface area (Å²) in [5.74, 6) is 1.58. The summed E-state index contributed by atoms with van der Waals surface area (Å²) in [6.07, 6.45) is 0. The predicted octanol–water partition coefficient (Wildman–Crippen LogP) is 1.85. The molecule has 0 amide bonds. The molecule has 1 atom stereocenters. The molecular formula is C14H21FN2O2S2. The molecule has 0 bridgehead atoms. The van der Waals surface area contributed by atoms with Crippen LogP contribution in [0.3, 0.4) is 0 Å². The van der Waals surface area contributed by atoms with Gasteiger partial charge in [-0.15, -0.1) is 0 Å². The zero-order valence-electron chi connectivity index (χ0n) is 12.1. The summed E-state index contributed by atoms with van der Waals surface area (Å²) in [6.45, 7) is 3.56. The van der Waals surface area contributed by atoms with Gasteiger partial charge >= 0.3 is 0 Å². The lowest BCUT2D eigenvalue weighted by molar-refractivity contribution is 0.441. The summed E-state index contributed by atoms with van der Waals surface area (Å²) < 4.78 is 38.8. The first-order valence-electron chi connectivity index (χ1n) is 7.03. The Morgan fingerprint density at radius 2 is 1.90 bits per heavy atom. The van der Waals surface area contributed by atoms with Crippen LogP contribution in [0.25, 0.3) is 0 Å². The molecule has 1 aromatic rings. The van der Waals surface area contributed by atoms with E-state index in [1.807, 2.05) is 6.92 Å². The molecular weight excluding hydrogens is 311 g/mol. The Kier molecular flexibility index (Phi) is 6.04. The molecule has 0 aliphatic carbocycles. The molecule has 0 spiro atoms. The van der Waals surface area contributed by atoms with Crippen LogP contribution in [0.1, 0.15) is 18.5 Å². The van der Waals surface area contributed by atoms with E-state index in [0.717, 1.165) is 17.1 Å². The summed E-state index contributed by atoms with van der Waals surface area (Å²) in [4.78, 5) is 0. The number of nitrogens with one attached hydrogen (secondary N) is 1. The van der Waals surface area contributed by atoms with Crippen LogP contribution < -0.4 is 5.32 Å². The summed E-state index contributed by atoms with van der Waals surface area (Å²) in [5, 5.41) is 3.18. The fraction of sp³-hybridized carbons (Fsp3) is 0.571. The van der Waals surface area contributed by atoms with Crippen molar-refractivity contribution >= 4 is 21.8 Å². The van der Waals surface area contributed by atoms with E-state index in [-0.39, 0.29) is 17.6 Å². The Labute approximate surface area is 130 Å². The minimum Gasteiger partial charge on any atom is -0.309 e. The second-order valence-corrected chi connectivity index (χ2v) is 8.37. The van der Waals surface area contributed by atoms with E-state index in [2.05, 4.69) is 5.32 Å². The van der Waals surface area contributed by atoms with Crippen molar-refractivity contribution in [1.29, 1.82) is 0 Å². The fourth-order valence-corrected chi connectivity index (χ4v) is 4.73. The molecule has 21 heavy (non-hydrogen) atoms. The Morgan fingerprint density at radius 3 is 2.52 bits per heavy atom. The normalized spacial score (nSPS) is 18.6. The van der Waals surface area contributed by atoms with Crippen LogP contribution in [0.5, 0.6) is 0 Å². The third kappa shape index (κ3) is 4.95. The summed E-state index contributed by atoms with van der Waals surface area (Å²) in [6, 6.07) is 6.25. The molecule has 2 rings (SSSR count). The molecule has 0 unspecified atom stereocenters. The molecule has 0 saturated carbocycles. The van der Waals surface area contributed by atoms with Crippen molar-refractivity contribution in [3.05, 3.63) is 35.6 Å². The second-order valence-electron chi connectivity index (χ2n) is 5.05. The van der Waals surface area contributed by atoms with Gasteiger partial charge in [-0.1, -0.05) is 12.1 Å². The van der Waals surface area contributed by atoms with Crippen LogP contribution in [-0.2, 0) is 10.0 Å². The minimum atomic E-state index is -3.17.